The second kappa shape index (κ2) is 9.22. The van der Waals surface area contributed by atoms with E-state index in [9.17, 15) is 0 Å². The number of hydrogen-bond acceptors (Lipinski definition) is 0. The van der Waals surface area contributed by atoms with Gasteiger partial charge < -0.3 is 13.7 Å². The lowest BCUT2D eigenvalue weighted by Gasteiger charge is -2.14. The van der Waals surface area contributed by atoms with Crippen LogP contribution in [0.25, 0.3) is 82.8 Å². The predicted molar refractivity (Wildman–Crippen MR) is 189 cm³/mol. The molecule has 3 heteroatoms. The predicted octanol–water partition coefficient (Wildman–Crippen LogP) is 10.9. The number of hydrogen-bond donors (Lipinski definition) is 0. The Morgan fingerprint density at radius 1 is 0.356 bits per heavy atom. The van der Waals surface area contributed by atoms with E-state index in [1.54, 1.807) is 10.6 Å². The topological polar surface area (TPSA) is 14.8 Å². The highest BCUT2D eigenvalue weighted by atomic mass is 15.0. The van der Waals surface area contributed by atoms with Crippen molar-refractivity contribution >= 4 is 54.6 Å². The summed E-state index contributed by atoms with van der Waals surface area (Å²) in [6.07, 6.45) is 0. The SMILES string of the molecule is [2H]c1c([2H])c([2H])c(-c2cccc(-n3c4cccc5c4c4c3cccc4n5-c3ccc4c(c3)c3ccccc3n4-c3c([2H])c([2H])c([2H])c([2H])c3[2H])c2)c([2H])c1[2H]. The molecule has 7 aromatic carbocycles. The molecule has 210 valence electrons. The first-order valence-electron chi connectivity index (χ1n) is 19.6. The fourth-order valence-electron chi connectivity index (χ4n) is 7.02. The van der Waals surface area contributed by atoms with Gasteiger partial charge in [0.2, 0.25) is 0 Å². The molecular formula is C42H27N3. The maximum absolute atomic E-state index is 8.76. The molecule has 0 N–H and O–H groups in total. The lowest BCUT2D eigenvalue weighted by atomic mass is 10.1. The highest BCUT2D eigenvalue weighted by molar-refractivity contribution is 6.25. The van der Waals surface area contributed by atoms with Gasteiger partial charge in [-0.05, 0) is 83.9 Å². The van der Waals surface area contributed by atoms with Crippen LogP contribution in [0.3, 0.4) is 0 Å². The van der Waals surface area contributed by atoms with Gasteiger partial charge in [-0.1, -0.05) is 90.8 Å². The van der Waals surface area contributed by atoms with Crippen molar-refractivity contribution in [2.75, 3.05) is 0 Å². The van der Waals surface area contributed by atoms with Gasteiger partial charge in [0.15, 0.2) is 0 Å². The highest BCUT2D eigenvalue weighted by Gasteiger charge is 2.23. The van der Waals surface area contributed by atoms with Gasteiger partial charge >= 0.3 is 0 Å². The number of benzene rings is 7. The van der Waals surface area contributed by atoms with Crippen LogP contribution < -0.4 is 0 Å². The fraction of sp³-hybridized carbons (Fsp3) is 0. The normalized spacial score (nSPS) is 15.1. The van der Waals surface area contributed by atoms with Crippen LogP contribution >= 0.6 is 0 Å². The van der Waals surface area contributed by atoms with Crippen molar-refractivity contribution in [3.05, 3.63) is 164 Å². The first-order valence-corrected chi connectivity index (χ1v) is 14.6. The summed E-state index contributed by atoms with van der Waals surface area (Å²) in [7, 11) is 0. The van der Waals surface area contributed by atoms with Crippen LogP contribution in [0.15, 0.2) is 164 Å². The monoisotopic (exact) mass is 583 g/mol. The third-order valence-corrected chi connectivity index (χ3v) is 8.77. The van der Waals surface area contributed by atoms with Crippen molar-refractivity contribution in [3.63, 3.8) is 0 Å². The van der Waals surface area contributed by atoms with E-state index >= 15 is 0 Å². The van der Waals surface area contributed by atoms with Crippen LogP contribution in [0.1, 0.15) is 13.7 Å². The van der Waals surface area contributed by atoms with Crippen LogP contribution in [-0.4, -0.2) is 13.7 Å². The van der Waals surface area contributed by atoms with E-state index in [1.807, 2.05) is 66.7 Å². The Morgan fingerprint density at radius 2 is 0.889 bits per heavy atom. The highest BCUT2D eigenvalue weighted by Crippen LogP contribution is 2.43. The molecule has 0 aliphatic carbocycles. The molecule has 10 rings (SSSR count). The summed E-state index contributed by atoms with van der Waals surface area (Å²) in [5.74, 6) is 0. The van der Waals surface area contributed by atoms with Crippen LogP contribution in [-0.2, 0) is 0 Å². The Balaban J connectivity index is 1.20. The summed E-state index contributed by atoms with van der Waals surface area (Å²) in [4.78, 5) is 0. The van der Waals surface area contributed by atoms with Crippen LogP contribution in [0, 0.1) is 0 Å². The zero-order valence-electron chi connectivity index (χ0n) is 33.7. The summed E-state index contributed by atoms with van der Waals surface area (Å²) in [5, 5.41) is 3.84. The first kappa shape index (κ1) is 16.7. The Morgan fingerprint density at radius 3 is 1.58 bits per heavy atom. The average Bonchev–Trinajstić information content (AvgIpc) is 3.85. The molecule has 0 amide bonds. The lowest BCUT2D eigenvalue weighted by Crippen LogP contribution is -1.98. The first-order chi connectivity index (χ1) is 26.5. The number of para-hydroxylation sites is 2. The second-order valence-electron chi connectivity index (χ2n) is 11.1. The number of fused-ring (bicyclic) bond motifs is 3. The molecule has 0 fully saturated rings. The molecular weight excluding hydrogens is 546 g/mol. The number of rotatable bonds is 4. The quantitative estimate of drug-likeness (QED) is 0.196. The molecule has 0 bridgehead atoms. The van der Waals surface area contributed by atoms with Crippen molar-refractivity contribution in [3.8, 4) is 28.2 Å². The summed E-state index contributed by atoms with van der Waals surface area (Å²) >= 11 is 0. The van der Waals surface area contributed by atoms with Crippen molar-refractivity contribution in [2.45, 2.75) is 0 Å². The Bertz CT molecular complexity index is 3160. The number of nitrogens with zero attached hydrogens (tertiary/aromatic N) is 3. The van der Waals surface area contributed by atoms with Gasteiger partial charge in [0, 0.05) is 38.6 Å². The maximum Gasteiger partial charge on any atom is 0.0645 e. The maximum atomic E-state index is 8.76. The molecule has 3 aromatic heterocycles. The van der Waals surface area contributed by atoms with Gasteiger partial charge in [-0.3, -0.25) is 0 Å². The Labute approximate surface area is 273 Å². The number of aromatic nitrogens is 3. The lowest BCUT2D eigenvalue weighted by molar-refractivity contribution is 1.15. The molecule has 0 saturated carbocycles. The van der Waals surface area contributed by atoms with Gasteiger partial charge in [0.1, 0.15) is 0 Å². The smallest absolute Gasteiger partial charge is 0.0645 e. The molecule has 0 unspecified atom stereocenters. The molecule has 10 aromatic rings. The second-order valence-corrected chi connectivity index (χ2v) is 11.1. The minimum atomic E-state index is -0.436. The molecule has 0 atom stereocenters. The largest absolute Gasteiger partial charge is 0.309 e. The van der Waals surface area contributed by atoms with Gasteiger partial charge in [-0.15, -0.1) is 0 Å². The zero-order valence-corrected chi connectivity index (χ0v) is 23.7. The summed E-state index contributed by atoms with van der Waals surface area (Å²) in [5.41, 5.74) is 7.71. The van der Waals surface area contributed by atoms with E-state index in [0.29, 0.717) is 11.1 Å². The van der Waals surface area contributed by atoms with Crippen LogP contribution in [0.5, 0.6) is 0 Å². The zero-order chi connectivity index (χ0) is 38.2. The van der Waals surface area contributed by atoms with E-state index in [1.165, 1.54) is 0 Å². The summed E-state index contributed by atoms with van der Waals surface area (Å²) < 4.78 is 90.1. The fourth-order valence-corrected chi connectivity index (χ4v) is 7.02. The molecule has 3 nitrogen and oxygen atoms in total. The molecule has 0 aliphatic rings. The van der Waals surface area contributed by atoms with Crippen molar-refractivity contribution in [2.24, 2.45) is 0 Å². The minimum absolute atomic E-state index is 0.0984. The van der Waals surface area contributed by atoms with Crippen molar-refractivity contribution < 1.29 is 13.7 Å². The molecule has 3 heterocycles. The summed E-state index contributed by atoms with van der Waals surface area (Å²) in [6, 6.07) is 30.0. The van der Waals surface area contributed by atoms with E-state index in [4.69, 9.17) is 13.7 Å². The standard InChI is InChI=1S/C42H27N3/c1-3-12-28(13-4-1)29-14-9-17-31(26-29)44-37-20-10-22-39-41(37)42-38(44)21-11-23-40(42)45(39)32-24-25-36-34(27-32)33-18-7-8-19-35(33)43(36)30-15-5-2-6-16-30/h1-27H/i1D,2D,3D,4D,5D,6D,12D,13D,15D,16D. The van der Waals surface area contributed by atoms with E-state index < -0.39 is 12.1 Å². The van der Waals surface area contributed by atoms with Gasteiger partial charge in [-0.25, -0.2) is 0 Å². The Kier molecular flexibility index (Phi) is 3.42. The van der Waals surface area contributed by atoms with E-state index in [2.05, 4.69) is 39.5 Å². The third-order valence-electron chi connectivity index (χ3n) is 8.77. The van der Waals surface area contributed by atoms with E-state index in [0.717, 1.165) is 60.5 Å². The molecule has 0 spiro atoms. The molecule has 0 radical (unpaired) electrons. The van der Waals surface area contributed by atoms with E-state index in [-0.39, 0.29) is 59.6 Å². The molecule has 45 heavy (non-hydrogen) atoms. The van der Waals surface area contributed by atoms with Crippen molar-refractivity contribution in [1.82, 2.24) is 13.7 Å². The van der Waals surface area contributed by atoms with Gasteiger partial charge in [0.05, 0.1) is 46.8 Å². The minimum Gasteiger partial charge on any atom is -0.309 e. The van der Waals surface area contributed by atoms with Crippen LogP contribution in [0.2, 0.25) is 0 Å². The Hall–Kier alpha value is -6.06. The van der Waals surface area contributed by atoms with Gasteiger partial charge in [-0.2, -0.15) is 0 Å². The van der Waals surface area contributed by atoms with Gasteiger partial charge in [0.25, 0.3) is 0 Å². The van der Waals surface area contributed by atoms with Crippen molar-refractivity contribution in [1.29, 1.82) is 0 Å². The molecule has 0 aliphatic heterocycles. The summed E-state index contributed by atoms with van der Waals surface area (Å²) in [6.45, 7) is 0. The average molecular weight is 584 g/mol. The third kappa shape index (κ3) is 3.41. The molecule has 0 saturated heterocycles. The van der Waals surface area contributed by atoms with Crippen LogP contribution in [0.4, 0.5) is 0 Å².